The maximum atomic E-state index is 12.1. The molecule has 0 aromatic heterocycles. The predicted octanol–water partition coefficient (Wildman–Crippen LogP) is 3.91. The number of nitrogens with one attached hydrogen (secondary N) is 1. The minimum atomic E-state index is -0.0214. The predicted molar refractivity (Wildman–Crippen MR) is 89.0 cm³/mol. The fraction of sp³-hybridized carbons (Fsp3) is 0.421. The number of carbonyl (C=O) groups is 1. The summed E-state index contributed by atoms with van der Waals surface area (Å²) in [6.07, 6.45) is 4.78. The molecular formula is C19H23NO2. The Bertz CT molecular complexity index is 653. The van der Waals surface area contributed by atoms with Gasteiger partial charge in [0.05, 0.1) is 0 Å². The van der Waals surface area contributed by atoms with Crippen molar-refractivity contribution >= 4 is 16.7 Å². The summed E-state index contributed by atoms with van der Waals surface area (Å²) in [4.78, 5) is 12.1. The highest BCUT2D eigenvalue weighted by Gasteiger charge is 2.22. The lowest BCUT2D eigenvalue weighted by molar-refractivity contribution is -0.124. The van der Waals surface area contributed by atoms with Crippen LogP contribution in [0.5, 0.6) is 5.75 Å². The van der Waals surface area contributed by atoms with E-state index in [2.05, 4.69) is 18.3 Å². The molecule has 0 radical (unpaired) electrons. The normalized spacial score (nSPS) is 21.5. The number of benzene rings is 2. The van der Waals surface area contributed by atoms with Crippen molar-refractivity contribution in [1.29, 1.82) is 0 Å². The Labute approximate surface area is 131 Å². The van der Waals surface area contributed by atoms with Crippen LogP contribution in [0.15, 0.2) is 42.5 Å². The van der Waals surface area contributed by atoms with Crippen LogP contribution in [0.1, 0.15) is 32.6 Å². The lowest BCUT2D eigenvalue weighted by Gasteiger charge is -2.29. The minimum Gasteiger partial charge on any atom is -0.484 e. The van der Waals surface area contributed by atoms with Gasteiger partial charge in [0.15, 0.2) is 6.61 Å². The van der Waals surface area contributed by atoms with E-state index in [1.807, 2.05) is 36.4 Å². The molecule has 3 nitrogen and oxygen atoms in total. The third-order valence-corrected chi connectivity index (χ3v) is 4.55. The van der Waals surface area contributed by atoms with Gasteiger partial charge in [-0.1, -0.05) is 50.1 Å². The van der Waals surface area contributed by atoms with Gasteiger partial charge in [-0.25, -0.2) is 0 Å². The molecule has 1 aliphatic carbocycles. The lowest BCUT2D eigenvalue weighted by atomic mass is 9.86. The molecule has 0 bridgehead atoms. The van der Waals surface area contributed by atoms with E-state index >= 15 is 0 Å². The van der Waals surface area contributed by atoms with E-state index < -0.39 is 0 Å². The molecule has 0 spiro atoms. The van der Waals surface area contributed by atoms with Crippen molar-refractivity contribution in [1.82, 2.24) is 5.32 Å². The van der Waals surface area contributed by atoms with Gasteiger partial charge >= 0.3 is 0 Å². The molecular weight excluding hydrogens is 274 g/mol. The summed E-state index contributed by atoms with van der Waals surface area (Å²) in [5.41, 5.74) is 0. The highest BCUT2D eigenvalue weighted by atomic mass is 16.5. The van der Waals surface area contributed by atoms with Crippen LogP contribution in [0, 0.1) is 5.92 Å². The zero-order valence-corrected chi connectivity index (χ0v) is 13.0. The van der Waals surface area contributed by atoms with Crippen LogP contribution in [-0.2, 0) is 4.79 Å². The van der Waals surface area contributed by atoms with Gasteiger partial charge in [0.2, 0.25) is 0 Å². The van der Waals surface area contributed by atoms with Gasteiger partial charge < -0.3 is 10.1 Å². The molecule has 3 rings (SSSR count). The first kappa shape index (κ1) is 14.9. The van der Waals surface area contributed by atoms with Crippen LogP contribution in [0.2, 0.25) is 0 Å². The minimum absolute atomic E-state index is 0.0214. The number of hydrogen-bond acceptors (Lipinski definition) is 2. The fourth-order valence-electron chi connectivity index (χ4n) is 3.19. The zero-order chi connectivity index (χ0) is 15.4. The molecule has 0 heterocycles. The Morgan fingerprint density at radius 3 is 2.73 bits per heavy atom. The Hall–Kier alpha value is -2.03. The molecule has 3 heteroatoms. The van der Waals surface area contributed by atoms with Crippen molar-refractivity contribution in [3.63, 3.8) is 0 Å². The molecule has 2 aromatic carbocycles. The molecule has 2 atom stereocenters. The Kier molecular flexibility index (Phi) is 4.62. The van der Waals surface area contributed by atoms with E-state index in [4.69, 9.17) is 4.74 Å². The van der Waals surface area contributed by atoms with Gasteiger partial charge in [0.25, 0.3) is 5.91 Å². The number of amides is 1. The first-order valence-corrected chi connectivity index (χ1v) is 8.13. The Morgan fingerprint density at radius 1 is 1.14 bits per heavy atom. The standard InChI is InChI=1S/C19H23NO2/c1-14-6-2-5-9-18(14)20-19(21)13-22-17-11-10-15-7-3-4-8-16(15)12-17/h3-4,7-8,10-12,14,18H,2,5-6,9,13H2,1H3,(H,20,21)/t14-,18+/m1/s1. The monoisotopic (exact) mass is 297 g/mol. The molecule has 0 saturated heterocycles. The van der Waals surface area contributed by atoms with E-state index in [1.54, 1.807) is 0 Å². The van der Waals surface area contributed by atoms with Crippen LogP contribution < -0.4 is 10.1 Å². The third-order valence-electron chi connectivity index (χ3n) is 4.55. The molecule has 0 unspecified atom stereocenters. The van der Waals surface area contributed by atoms with E-state index in [0.717, 1.165) is 17.6 Å². The van der Waals surface area contributed by atoms with Crippen molar-refractivity contribution in [3.8, 4) is 5.75 Å². The molecule has 1 saturated carbocycles. The van der Waals surface area contributed by atoms with Crippen LogP contribution in [0.4, 0.5) is 0 Å². The van der Waals surface area contributed by atoms with Crippen LogP contribution in [0.3, 0.4) is 0 Å². The van der Waals surface area contributed by atoms with Crippen molar-refractivity contribution in [2.24, 2.45) is 5.92 Å². The largest absolute Gasteiger partial charge is 0.484 e. The first-order valence-electron chi connectivity index (χ1n) is 8.13. The van der Waals surface area contributed by atoms with Gasteiger partial charge in [-0.15, -0.1) is 0 Å². The number of carbonyl (C=O) groups excluding carboxylic acids is 1. The van der Waals surface area contributed by atoms with E-state index in [0.29, 0.717) is 12.0 Å². The molecule has 116 valence electrons. The summed E-state index contributed by atoms with van der Waals surface area (Å²) in [7, 11) is 0. The fourth-order valence-corrected chi connectivity index (χ4v) is 3.19. The smallest absolute Gasteiger partial charge is 0.258 e. The van der Waals surface area contributed by atoms with Crippen LogP contribution in [-0.4, -0.2) is 18.6 Å². The van der Waals surface area contributed by atoms with Gasteiger partial charge in [0.1, 0.15) is 5.75 Å². The molecule has 1 N–H and O–H groups in total. The van der Waals surface area contributed by atoms with Crippen LogP contribution in [0.25, 0.3) is 10.8 Å². The topological polar surface area (TPSA) is 38.3 Å². The maximum Gasteiger partial charge on any atom is 0.258 e. The summed E-state index contributed by atoms with van der Waals surface area (Å²) < 4.78 is 5.64. The second-order valence-electron chi connectivity index (χ2n) is 6.23. The van der Waals surface area contributed by atoms with Gasteiger partial charge in [-0.2, -0.15) is 0 Å². The average molecular weight is 297 g/mol. The van der Waals surface area contributed by atoms with E-state index in [-0.39, 0.29) is 12.5 Å². The molecule has 2 aromatic rings. The van der Waals surface area contributed by atoms with Crippen LogP contribution >= 0.6 is 0 Å². The first-order chi connectivity index (χ1) is 10.7. The summed E-state index contributed by atoms with van der Waals surface area (Å²) in [6, 6.07) is 14.4. The highest BCUT2D eigenvalue weighted by molar-refractivity contribution is 5.84. The zero-order valence-electron chi connectivity index (χ0n) is 13.0. The molecule has 22 heavy (non-hydrogen) atoms. The number of rotatable bonds is 4. The molecule has 1 amide bonds. The quantitative estimate of drug-likeness (QED) is 0.929. The molecule has 1 fully saturated rings. The number of hydrogen-bond donors (Lipinski definition) is 1. The maximum absolute atomic E-state index is 12.1. The second kappa shape index (κ2) is 6.82. The average Bonchev–Trinajstić information content (AvgIpc) is 2.55. The highest BCUT2D eigenvalue weighted by Crippen LogP contribution is 2.24. The summed E-state index contributed by atoms with van der Waals surface area (Å²) in [6.45, 7) is 2.30. The SMILES string of the molecule is C[C@@H]1CCCC[C@@H]1NC(=O)COc1ccc2ccccc2c1. The Morgan fingerprint density at radius 2 is 1.91 bits per heavy atom. The lowest BCUT2D eigenvalue weighted by Crippen LogP contribution is -2.43. The number of ether oxygens (including phenoxy) is 1. The van der Waals surface area contributed by atoms with Gasteiger partial charge in [-0.3, -0.25) is 4.79 Å². The van der Waals surface area contributed by atoms with Gasteiger partial charge in [-0.05, 0) is 41.7 Å². The van der Waals surface area contributed by atoms with Crippen molar-refractivity contribution in [2.45, 2.75) is 38.6 Å². The van der Waals surface area contributed by atoms with Crippen molar-refractivity contribution in [3.05, 3.63) is 42.5 Å². The van der Waals surface area contributed by atoms with Gasteiger partial charge in [0, 0.05) is 6.04 Å². The van der Waals surface area contributed by atoms with E-state index in [9.17, 15) is 4.79 Å². The van der Waals surface area contributed by atoms with Crippen molar-refractivity contribution < 1.29 is 9.53 Å². The Balaban J connectivity index is 1.55. The summed E-state index contributed by atoms with van der Waals surface area (Å²) >= 11 is 0. The summed E-state index contributed by atoms with van der Waals surface area (Å²) in [5.74, 6) is 1.29. The van der Waals surface area contributed by atoms with E-state index in [1.165, 1.54) is 24.6 Å². The molecule has 0 aliphatic heterocycles. The summed E-state index contributed by atoms with van der Waals surface area (Å²) in [5, 5.41) is 5.41. The van der Waals surface area contributed by atoms with Crippen molar-refractivity contribution in [2.75, 3.05) is 6.61 Å². The second-order valence-corrected chi connectivity index (χ2v) is 6.23. The third kappa shape index (κ3) is 3.59. The number of fused-ring (bicyclic) bond motifs is 1. The molecule has 1 aliphatic rings.